The van der Waals surface area contributed by atoms with Crippen molar-refractivity contribution < 1.29 is 19.1 Å². The number of methoxy groups -OCH3 is 1. The van der Waals surface area contributed by atoms with Crippen molar-refractivity contribution >= 4 is 87.1 Å². The second kappa shape index (κ2) is 23.2. The second-order valence-electron chi connectivity index (χ2n) is 16.4. The largest absolute Gasteiger partial charge is 0.452 e. The molecule has 0 unspecified atom stereocenters. The standard InChI is InChI=1S/C18H22N4O.C18H21N3O2.C17H20N4O/c1-3-18(23)22(4-2)15-5-6-17-16(10-15)13(7-8-20-17)9-14-11-19-12-21-14;1-3-21(18(22)23-2)15-6-7-17-16(12-15)13(8-10-20-17)11-14-5-4-9-19-14;1-3-21(12(2)22)15-4-5-17-16(9-15)13(6-7-19-17)8-14-10-18-11-20-14/h5-6,9-12,20H,3-4,7-8H2,1-2H3,(H,19,21);5-7,9,11-12,20H,3-4,8,10H2,1-2H3;4-5,8-11,19H,3,6-7H2,1-2H3,(H,18,20)/b13-9+;13-11+;13-8+. The summed E-state index contributed by atoms with van der Waals surface area (Å²) < 4.78 is 4.86. The van der Waals surface area contributed by atoms with E-state index in [4.69, 9.17) is 4.74 Å². The number of hydrogen-bond acceptors (Lipinski definition) is 10. The number of rotatable bonds is 10. The van der Waals surface area contributed by atoms with Crippen molar-refractivity contribution in [1.29, 1.82) is 0 Å². The maximum Gasteiger partial charge on any atom is 0.413 e. The lowest BCUT2D eigenvalue weighted by Crippen LogP contribution is -2.30. The van der Waals surface area contributed by atoms with Gasteiger partial charge in [0.05, 0.1) is 49.2 Å². The fourth-order valence-corrected chi connectivity index (χ4v) is 8.74. The Kier molecular flexibility index (Phi) is 16.4. The average Bonchev–Trinajstić information content (AvgIpc) is 4.19. The molecule has 2 aromatic heterocycles. The van der Waals surface area contributed by atoms with Crippen LogP contribution in [0.4, 0.5) is 38.9 Å². The molecule has 15 heteroatoms. The molecule has 354 valence electrons. The molecule has 3 amide bonds. The van der Waals surface area contributed by atoms with Crippen molar-refractivity contribution in [2.24, 2.45) is 4.99 Å². The van der Waals surface area contributed by atoms with E-state index in [9.17, 15) is 14.4 Å². The van der Waals surface area contributed by atoms with E-state index in [-0.39, 0.29) is 17.9 Å². The molecule has 0 spiro atoms. The number of imidazole rings is 2. The van der Waals surface area contributed by atoms with Crippen LogP contribution in [0.3, 0.4) is 0 Å². The Labute approximate surface area is 399 Å². The van der Waals surface area contributed by atoms with E-state index in [1.165, 1.54) is 23.8 Å². The molecular weight excluding hydrogens is 855 g/mol. The average molecular weight is 918 g/mol. The third-order valence-electron chi connectivity index (χ3n) is 12.1. The molecule has 5 aromatic rings. The third-order valence-corrected chi connectivity index (χ3v) is 12.1. The van der Waals surface area contributed by atoms with E-state index in [1.54, 1.807) is 29.4 Å². The Morgan fingerprint density at radius 1 is 0.632 bits per heavy atom. The zero-order valence-corrected chi connectivity index (χ0v) is 40.0. The van der Waals surface area contributed by atoms with Crippen molar-refractivity contribution in [2.75, 3.05) is 77.0 Å². The third kappa shape index (κ3) is 11.6. The van der Waals surface area contributed by atoms with E-state index in [1.807, 2.05) is 81.5 Å². The van der Waals surface area contributed by atoms with Crippen LogP contribution in [-0.2, 0) is 14.3 Å². The number of allylic oxidation sites excluding steroid dienone is 2. The van der Waals surface area contributed by atoms with Crippen LogP contribution in [0.1, 0.15) is 94.8 Å². The number of nitrogens with zero attached hydrogens (tertiary/aromatic N) is 6. The number of aromatic nitrogens is 4. The Morgan fingerprint density at radius 2 is 1.09 bits per heavy atom. The normalized spacial score (nSPS) is 16.0. The summed E-state index contributed by atoms with van der Waals surface area (Å²) in [5.74, 6) is 0.209. The van der Waals surface area contributed by atoms with Crippen LogP contribution >= 0.6 is 0 Å². The lowest BCUT2D eigenvalue weighted by molar-refractivity contribution is -0.118. The second-order valence-corrected chi connectivity index (χ2v) is 16.4. The number of hydrogen-bond donors (Lipinski definition) is 5. The highest BCUT2D eigenvalue weighted by molar-refractivity contribution is 5.97. The minimum absolute atomic E-state index is 0.0605. The first kappa shape index (κ1) is 48.3. The molecule has 3 aromatic carbocycles. The fraction of sp³-hybridized carbons (Fsp3) is 0.321. The molecule has 0 bridgehead atoms. The minimum atomic E-state index is -0.343. The van der Waals surface area contributed by atoms with E-state index in [0.717, 1.165) is 113 Å². The summed E-state index contributed by atoms with van der Waals surface area (Å²) in [4.78, 5) is 59.8. The number of aliphatic imine (C=N–C) groups is 1. The Bertz CT molecular complexity index is 2710. The highest BCUT2D eigenvalue weighted by atomic mass is 16.5. The number of carbonyl (C=O) groups excluding carboxylic acids is 3. The van der Waals surface area contributed by atoms with Crippen LogP contribution in [-0.4, -0.2) is 90.4 Å². The molecular formula is C53H63N11O4. The minimum Gasteiger partial charge on any atom is -0.452 e. The number of ether oxygens (including phenoxy) is 1. The summed E-state index contributed by atoms with van der Waals surface area (Å²) in [5.41, 5.74) is 16.2. The van der Waals surface area contributed by atoms with Gasteiger partial charge in [-0.3, -0.25) is 19.5 Å². The molecule has 9 rings (SSSR count). The number of carbonyl (C=O) groups is 3. The van der Waals surface area contributed by atoms with Gasteiger partial charge in [-0.25, -0.2) is 14.8 Å². The number of anilines is 6. The highest BCUT2D eigenvalue weighted by Gasteiger charge is 2.22. The summed E-state index contributed by atoms with van der Waals surface area (Å²) in [5, 5.41) is 10.3. The van der Waals surface area contributed by atoms with E-state index >= 15 is 0 Å². The molecule has 68 heavy (non-hydrogen) atoms. The van der Waals surface area contributed by atoms with E-state index in [2.05, 4.69) is 89.4 Å². The molecule has 6 heterocycles. The van der Waals surface area contributed by atoms with Crippen LogP contribution < -0.4 is 30.7 Å². The lowest BCUT2D eigenvalue weighted by Gasteiger charge is -2.25. The van der Waals surface area contributed by atoms with Gasteiger partial charge in [0.25, 0.3) is 0 Å². The Morgan fingerprint density at radius 3 is 1.47 bits per heavy atom. The molecule has 4 aliphatic rings. The Hall–Kier alpha value is -7.68. The summed E-state index contributed by atoms with van der Waals surface area (Å²) in [7, 11) is 1.40. The van der Waals surface area contributed by atoms with Crippen molar-refractivity contribution in [1.82, 2.24) is 19.9 Å². The monoisotopic (exact) mass is 918 g/mol. The highest BCUT2D eigenvalue weighted by Crippen LogP contribution is 2.38. The quantitative estimate of drug-likeness (QED) is 0.0913. The molecule has 0 saturated carbocycles. The maximum absolute atomic E-state index is 12.1. The molecule has 4 aliphatic heterocycles. The first-order valence-corrected chi connectivity index (χ1v) is 23.5. The molecule has 15 nitrogen and oxygen atoms in total. The predicted molar refractivity (Wildman–Crippen MR) is 278 cm³/mol. The summed E-state index contributed by atoms with van der Waals surface area (Å²) >= 11 is 0. The first-order chi connectivity index (χ1) is 33.1. The summed E-state index contributed by atoms with van der Waals surface area (Å²) in [6.07, 6.45) is 21.3. The number of fused-ring (bicyclic) bond motifs is 3. The van der Waals surface area contributed by atoms with Crippen molar-refractivity contribution in [2.45, 2.75) is 66.7 Å². The lowest BCUT2D eigenvalue weighted by atomic mass is 9.95. The molecule has 5 N–H and O–H groups in total. The number of H-pyrrole nitrogens is 2. The van der Waals surface area contributed by atoms with E-state index in [0.29, 0.717) is 26.1 Å². The molecule has 0 saturated heterocycles. The maximum atomic E-state index is 12.1. The zero-order chi connectivity index (χ0) is 48.0. The smallest absolute Gasteiger partial charge is 0.413 e. The summed E-state index contributed by atoms with van der Waals surface area (Å²) in [6, 6.07) is 18.4. The van der Waals surface area contributed by atoms with Crippen LogP contribution in [0.5, 0.6) is 0 Å². The van der Waals surface area contributed by atoms with Gasteiger partial charge in [0.1, 0.15) is 0 Å². The van der Waals surface area contributed by atoms with Crippen LogP contribution in [0.15, 0.2) is 102 Å². The van der Waals surface area contributed by atoms with E-state index < -0.39 is 0 Å². The van der Waals surface area contributed by atoms with Gasteiger partial charge in [0.2, 0.25) is 11.8 Å². The van der Waals surface area contributed by atoms with Crippen LogP contribution in [0.2, 0.25) is 0 Å². The van der Waals surface area contributed by atoms with Gasteiger partial charge in [-0.2, -0.15) is 0 Å². The topological polar surface area (TPSA) is 176 Å². The molecule has 0 atom stereocenters. The number of amides is 3. The molecule has 0 radical (unpaired) electrons. The van der Waals surface area contributed by atoms with Gasteiger partial charge < -0.3 is 40.5 Å². The van der Waals surface area contributed by atoms with Crippen molar-refractivity contribution in [3.63, 3.8) is 0 Å². The van der Waals surface area contributed by atoms with Gasteiger partial charge in [0.15, 0.2) is 0 Å². The van der Waals surface area contributed by atoms with Crippen molar-refractivity contribution in [3.8, 4) is 0 Å². The number of aromatic amines is 2. The van der Waals surface area contributed by atoms with Gasteiger partial charge in [-0.15, -0.1) is 0 Å². The van der Waals surface area contributed by atoms with Crippen molar-refractivity contribution in [3.05, 3.63) is 126 Å². The first-order valence-electron chi connectivity index (χ1n) is 23.5. The van der Waals surface area contributed by atoms with Gasteiger partial charge >= 0.3 is 6.09 Å². The SMILES string of the molecule is CCC(=O)N(CC)c1ccc2c(c1)/C(=C/c1cnc[nH]1)CCN2.CCN(C(=O)OC)c1ccc2c(c1)/C(=C/C1=CCC=N1)CCN2.CCN(C(C)=O)c1ccc2c(c1)/C(=C/c1cnc[nH]1)CCN2. The van der Waals surface area contributed by atoms with Gasteiger partial charge in [-0.1, -0.05) is 13.0 Å². The van der Waals surface area contributed by atoms with Crippen LogP contribution in [0, 0.1) is 0 Å². The number of benzene rings is 3. The fourth-order valence-electron chi connectivity index (χ4n) is 8.74. The predicted octanol–water partition coefficient (Wildman–Crippen LogP) is 10.5. The molecule has 0 aliphatic carbocycles. The summed E-state index contributed by atoms with van der Waals surface area (Å²) in [6.45, 7) is 14.1. The van der Waals surface area contributed by atoms with Gasteiger partial charge in [0, 0.05) is 116 Å². The zero-order valence-electron chi connectivity index (χ0n) is 40.0. The number of nitrogens with one attached hydrogen (secondary N) is 5. The van der Waals surface area contributed by atoms with Gasteiger partial charge in [-0.05, 0) is 130 Å². The van der Waals surface area contributed by atoms with Crippen LogP contribution in [0.25, 0.3) is 28.9 Å². The molecule has 0 fully saturated rings. The Balaban J connectivity index is 0.000000151.